The molecule has 0 radical (unpaired) electrons. The fraction of sp³-hybridized carbons (Fsp3) is 0.429. The van der Waals surface area contributed by atoms with Gasteiger partial charge in [0.25, 0.3) is 0 Å². The Kier molecular flexibility index (Phi) is 13.8. The number of terminal acetylenes is 1. The SMILES string of the molecule is C#Cc1cc(OC)ccc1-c1cc(C)c(F)c([C@H](CC(=O)OCC=CC)N(C)C(=O)C(CC(C)C)N2C=C(CCN3CCC3)C(C(F)(F)F)=CC2=C)c1. The highest BCUT2D eigenvalue weighted by Gasteiger charge is 2.41. The molecule has 1 saturated heterocycles. The first kappa shape index (κ1) is 40.9. The molecule has 284 valence electrons. The fourth-order valence-corrected chi connectivity index (χ4v) is 6.59. The van der Waals surface area contributed by atoms with Crippen molar-refractivity contribution in [3.63, 3.8) is 0 Å². The van der Waals surface area contributed by atoms with Gasteiger partial charge >= 0.3 is 12.1 Å². The molecule has 0 aliphatic carbocycles. The third-order valence-electron chi connectivity index (χ3n) is 9.64. The number of aryl methyl sites for hydroxylation is 1. The number of esters is 1. The number of ether oxygens (including phenoxy) is 2. The summed E-state index contributed by atoms with van der Waals surface area (Å²) in [6.45, 7) is 13.2. The first-order valence-electron chi connectivity index (χ1n) is 17.8. The minimum atomic E-state index is -4.62. The smallest absolute Gasteiger partial charge is 0.416 e. The lowest BCUT2D eigenvalue weighted by atomic mass is 9.91. The monoisotopic (exact) mass is 735 g/mol. The van der Waals surface area contributed by atoms with Gasteiger partial charge in [0.05, 0.1) is 25.1 Å². The molecule has 0 spiro atoms. The third-order valence-corrected chi connectivity index (χ3v) is 9.64. The molecule has 0 N–H and O–H groups in total. The first-order chi connectivity index (χ1) is 25.1. The number of likely N-dealkylation sites (tertiary alicyclic amines) is 1. The maximum absolute atomic E-state index is 16.3. The maximum atomic E-state index is 16.3. The molecule has 0 aromatic heterocycles. The van der Waals surface area contributed by atoms with E-state index in [1.807, 2.05) is 13.8 Å². The number of amides is 1. The van der Waals surface area contributed by atoms with Gasteiger partial charge in [-0.25, -0.2) is 4.39 Å². The Morgan fingerprint density at radius 1 is 1.17 bits per heavy atom. The molecule has 2 aromatic carbocycles. The lowest BCUT2D eigenvalue weighted by Gasteiger charge is -2.39. The van der Waals surface area contributed by atoms with Crippen LogP contribution in [0.4, 0.5) is 17.6 Å². The minimum Gasteiger partial charge on any atom is -0.497 e. The molecule has 1 fully saturated rings. The number of allylic oxidation sites excluding steroid dienone is 3. The highest BCUT2D eigenvalue weighted by molar-refractivity contribution is 5.84. The van der Waals surface area contributed by atoms with Crippen LogP contribution >= 0.6 is 0 Å². The van der Waals surface area contributed by atoms with Crippen LogP contribution in [0.1, 0.15) is 69.2 Å². The average molecular weight is 736 g/mol. The number of methoxy groups -OCH3 is 1. The summed E-state index contributed by atoms with van der Waals surface area (Å²) in [4.78, 5) is 32.9. The van der Waals surface area contributed by atoms with Crippen LogP contribution in [0.3, 0.4) is 0 Å². The summed E-state index contributed by atoms with van der Waals surface area (Å²) < 4.78 is 69.9. The lowest BCUT2D eigenvalue weighted by Crippen LogP contribution is -2.48. The van der Waals surface area contributed by atoms with Crippen molar-refractivity contribution in [2.45, 2.75) is 71.6 Å². The molecule has 4 rings (SSSR count). The van der Waals surface area contributed by atoms with Crippen LogP contribution in [0.15, 0.2) is 78.2 Å². The number of alkyl halides is 3. The van der Waals surface area contributed by atoms with Gasteiger partial charge in [0.2, 0.25) is 5.91 Å². The second kappa shape index (κ2) is 17.8. The predicted octanol–water partition coefficient (Wildman–Crippen LogP) is 8.51. The Morgan fingerprint density at radius 2 is 1.89 bits per heavy atom. The molecule has 2 atom stereocenters. The Morgan fingerprint density at radius 3 is 2.47 bits per heavy atom. The predicted molar refractivity (Wildman–Crippen MR) is 199 cm³/mol. The van der Waals surface area contributed by atoms with E-state index >= 15 is 4.39 Å². The number of likely N-dealkylation sites (N-methyl/N-ethyl adjacent to an activating group) is 1. The second-order valence-corrected chi connectivity index (χ2v) is 13.9. The van der Waals surface area contributed by atoms with E-state index < -0.39 is 47.9 Å². The van der Waals surface area contributed by atoms with E-state index in [0.717, 1.165) is 25.6 Å². The van der Waals surface area contributed by atoms with Crippen LogP contribution in [0.2, 0.25) is 0 Å². The van der Waals surface area contributed by atoms with Gasteiger partial charge in [0, 0.05) is 36.6 Å². The van der Waals surface area contributed by atoms with Gasteiger partial charge < -0.3 is 24.2 Å². The van der Waals surface area contributed by atoms with Crippen molar-refractivity contribution in [1.82, 2.24) is 14.7 Å². The molecule has 2 heterocycles. The lowest BCUT2D eigenvalue weighted by molar-refractivity contribution is -0.146. The van der Waals surface area contributed by atoms with Crippen molar-refractivity contribution >= 4 is 11.9 Å². The van der Waals surface area contributed by atoms with Gasteiger partial charge in [0.1, 0.15) is 24.2 Å². The Balaban J connectivity index is 1.80. The van der Waals surface area contributed by atoms with E-state index in [0.29, 0.717) is 29.0 Å². The summed E-state index contributed by atoms with van der Waals surface area (Å²) in [5.41, 5.74) is 1.27. The van der Waals surface area contributed by atoms with E-state index in [1.54, 1.807) is 56.3 Å². The van der Waals surface area contributed by atoms with E-state index in [1.165, 1.54) is 30.2 Å². The van der Waals surface area contributed by atoms with Crippen LogP contribution in [0, 0.1) is 31.0 Å². The third kappa shape index (κ3) is 9.99. The van der Waals surface area contributed by atoms with Gasteiger partial charge in [-0.3, -0.25) is 9.59 Å². The van der Waals surface area contributed by atoms with Crippen LogP contribution in [-0.2, 0) is 14.3 Å². The Bertz CT molecular complexity index is 1820. The average Bonchev–Trinajstić information content (AvgIpc) is 3.09. The highest BCUT2D eigenvalue weighted by atomic mass is 19.4. The van der Waals surface area contributed by atoms with Crippen LogP contribution in [0.5, 0.6) is 5.75 Å². The summed E-state index contributed by atoms with van der Waals surface area (Å²) in [7, 11) is 2.99. The summed E-state index contributed by atoms with van der Waals surface area (Å²) in [6, 6.07) is 6.22. The van der Waals surface area contributed by atoms with Crippen LogP contribution in [-0.4, -0.2) is 79.2 Å². The fourth-order valence-electron chi connectivity index (χ4n) is 6.59. The van der Waals surface area contributed by atoms with E-state index in [-0.39, 0.29) is 47.8 Å². The molecular weight excluding hydrogens is 686 g/mol. The molecule has 0 bridgehead atoms. The summed E-state index contributed by atoms with van der Waals surface area (Å²) >= 11 is 0. The largest absolute Gasteiger partial charge is 0.497 e. The molecule has 2 aliphatic rings. The number of nitrogens with zero attached hydrogens (tertiary/aromatic N) is 3. The number of rotatable bonds is 15. The zero-order chi connectivity index (χ0) is 39.0. The summed E-state index contributed by atoms with van der Waals surface area (Å²) in [5.74, 6) is 1.31. The van der Waals surface area contributed by atoms with Crippen molar-refractivity contribution in [2.24, 2.45) is 5.92 Å². The van der Waals surface area contributed by atoms with Gasteiger partial charge in [0.15, 0.2) is 0 Å². The molecule has 1 amide bonds. The van der Waals surface area contributed by atoms with Crippen molar-refractivity contribution in [3.8, 4) is 29.2 Å². The van der Waals surface area contributed by atoms with Crippen molar-refractivity contribution in [2.75, 3.05) is 40.4 Å². The number of carbonyl (C=O) groups is 2. The van der Waals surface area contributed by atoms with E-state index in [4.69, 9.17) is 15.9 Å². The molecule has 1 unspecified atom stereocenters. The number of hydrogen-bond acceptors (Lipinski definition) is 6. The Labute approximate surface area is 310 Å². The topological polar surface area (TPSA) is 62.3 Å². The minimum absolute atomic E-state index is 0.00470. The number of halogens is 4. The standard InChI is InChI=1S/C42H49F4N3O4/c1-9-11-19-53-39(50)25-37(35-24-32(21-28(5)40(35)43)34-14-13-33(52-8)23-30(34)10-2)47(7)41(51)38(20-27(3)4)49-26-31(15-18-48-16-12-17-48)36(22-29(49)6)42(44,45)46/h2,9,11,13-14,21-24,26-27,37-38H,6,12,15-20,25H2,1,3-5,7-8H3/t37-,38?/m0/s1. The maximum Gasteiger partial charge on any atom is 0.416 e. The molecule has 7 nitrogen and oxygen atoms in total. The quantitative estimate of drug-likeness (QED) is 0.0792. The van der Waals surface area contributed by atoms with Crippen LogP contribution in [0.25, 0.3) is 11.1 Å². The number of hydrogen-bond donors (Lipinski definition) is 0. The Hall–Kier alpha value is -4.82. The molecule has 2 aliphatic heterocycles. The molecule has 11 heteroatoms. The van der Waals surface area contributed by atoms with Gasteiger partial charge in [-0.2, -0.15) is 13.2 Å². The molecule has 53 heavy (non-hydrogen) atoms. The normalized spacial score (nSPS) is 16.1. The van der Waals surface area contributed by atoms with Gasteiger partial charge in [-0.15, -0.1) is 6.42 Å². The molecule has 2 aromatic rings. The molecular formula is C42H49F4N3O4. The highest BCUT2D eigenvalue weighted by Crippen LogP contribution is 2.40. The number of benzene rings is 2. The summed E-state index contributed by atoms with van der Waals surface area (Å²) in [6.07, 6.45) is 7.96. The van der Waals surface area contributed by atoms with Crippen molar-refractivity contribution < 1.29 is 36.6 Å². The van der Waals surface area contributed by atoms with Crippen molar-refractivity contribution in [3.05, 3.63) is 101 Å². The van der Waals surface area contributed by atoms with E-state index in [9.17, 15) is 22.8 Å². The number of carbonyl (C=O) groups excluding carboxylic acids is 2. The first-order valence-corrected chi connectivity index (χ1v) is 17.8. The second-order valence-electron chi connectivity index (χ2n) is 13.9. The van der Waals surface area contributed by atoms with Crippen molar-refractivity contribution in [1.29, 1.82) is 0 Å². The van der Waals surface area contributed by atoms with Gasteiger partial charge in [-0.1, -0.05) is 38.5 Å². The van der Waals surface area contributed by atoms with Crippen LogP contribution < -0.4 is 4.74 Å². The summed E-state index contributed by atoms with van der Waals surface area (Å²) in [5, 5.41) is 0. The van der Waals surface area contributed by atoms with Gasteiger partial charge in [-0.05, 0) is 111 Å². The zero-order valence-corrected chi connectivity index (χ0v) is 31.4. The zero-order valence-electron chi connectivity index (χ0n) is 31.4. The van der Waals surface area contributed by atoms with E-state index in [2.05, 4.69) is 17.4 Å². The molecule has 0 saturated carbocycles.